The third-order valence-corrected chi connectivity index (χ3v) is 5.40. The zero-order valence-electron chi connectivity index (χ0n) is 17.5. The van der Waals surface area contributed by atoms with E-state index in [-0.39, 0.29) is 11.1 Å². The molecule has 0 aliphatic rings. The molecular weight excluding hydrogens is 403 g/mol. The lowest BCUT2D eigenvalue weighted by atomic mass is 9.79. The van der Waals surface area contributed by atoms with Crippen molar-refractivity contribution in [3.05, 3.63) is 107 Å². The fourth-order valence-corrected chi connectivity index (χ4v) is 3.69. The highest BCUT2D eigenvalue weighted by molar-refractivity contribution is 5.77. The maximum atomic E-state index is 14.8. The summed E-state index contributed by atoms with van der Waals surface area (Å²) in [6.45, 7) is 3.33. The van der Waals surface area contributed by atoms with Gasteiger partial charge in [-0.25, -0.2) is 13.2 Å². The second-order valence-corrected chi connectivity index (χ2v) is 7.84. The van der Waals surface area contributed by atoms with E-state index in [2.05, 4.69) is 5.32 Å². The molecule has 0 saturated heterocycles. The molecule has 31 heavy (non-hydrogen) atoms. The van der Waals surface area contributed by atoms with Gasteiger partial charge in [0.25, 0.3) is 0 Å². The lowest BCUT2D eigenvalue weighted by Gasteiger charge is -2.36. The maximum Gasteiger partial charge on any atom is 0.313 e. The first kappa shape index (κ1) is 22.6. The second-order valence-electron chi connectivity index (χ2n) is 7.84. The van der Waals surface area contributed by atoms with Crippen LogP contribution in [0.15, 0.2) is 72.8 Å². The summed E-state index contributed by atoms with van der Waals surface area (Å²) in [5.74, 6) is -1.98. The van der Waals surface area contributed by atoms with E-state index in [0.717, 1.165) is 0 Å². The summed E-state index contributed by atoms with van der Waals surface area (Å²) in [7, 11) is 1.27. The normalized spacial score (nSPS) is 12.6. The first-order valence-electron chi connectivity index (χ1n) is 9.84. The quantitative estimate of drug-likeness (QED) is 0.490. The van der Waals surface area contributed by atoms with Gasteiger partial charge < -0.3 is 4.74 Å². The highest BCUT2D eigenvalue weighted by atomic mass is 19.1. The average Bonchev–Trinajstić information content (AvgIpc) is 2.76. The van der Waals surface area contributed by atoms with E-state index >= 15 is 0 Å². The Hall–Kier alpha value is -3.12. The Kier molecular flexibility index (Phi) is 6.81. The van der Waals surface area contributed by atoms with Crippen LogP contribution in [0.1, 0.15) is 42.6 Å². The van der Waals surface area contributed by atoms with Gasteiger partial charge in [0.1, 0.15) is 17.5 Å². The van der Waals surface area contributed by atoms with Gasteiger partial charge >= 0.3 is 5.97 Å². The molecule has 162 valence electrons. The molecule has 0 aliphatic heterocycles. The van der Waals surface area contributed by atoms with Crippen LogP contribution in [0.4, 0.5) is 13.2 Å². The number of carbonyl (C=O) groups is 1. The minimum absolute atomic E-state index is 0.223. The van der Waals surface area contributed by atoms with E-state index in [1.54, 1.807) is 50.2 Å². The Labute approximate surface area is 179 Å². The van der Waals surface area contributed by atoms with Crippen LogP contribution in [0.25, 0.3) is 0 Å². The van der Waals surface area contributed by atoms with Gasteiger partial charge in [-0.3, -0.25) is 10.1 Å². The van der Waals surface area contributed by atoms with Gasteiger partial charge in [0.2, 0.25) is 0 Å². The summed E-state index contributed by atoms with van der Waals surface area (Å²) in [5.41, 5.74) is -0.114. The van der Waals surface area contributed by atoms with E-state index in [9.17, 15) is 18.0 Å². The molecule has 0 bridgehead atoms. The number of ether oxygens (including phenoxy) is 1. The Balaban J connectivity index is 2.16. The number of hydrogen-bond acceptors (Lipinski definition) is 3. The van der Waals surface area contributed by atoms with E-state index in [0.29, 0.717) is 5.56 Å². The summed E-state index contributed by atoms with van der Waals surface area (Å²) in [6.07, 6.45) is 0. The summed E-state index contributed by atoms with van der Waals surface area (Å²) >= 11 is 0. The molecule has 3 aromatic carbocycles. The number of hydrogen-bond donors (Lipinski definition) is 1. The third kappa shape index (κ3) is 4.80. The van der Waals surface area contributed by atoms with E-state index in [1.807, 2.05) is 0 Å². The van der Waals surface area contributed by atoms with Crippen LogP contribution in [0.5, 0.6) is 0 Å². The first-order chi connectivity index (χ1) is 14.8. The molecule has 0 heterocycles. The predicted octanol–water partition coefficient (Wildman–Crippen LogP) is 5.72. The maximum absolute atomic E-state index is 14.8. The zero-order chi connectivity index (χ0) is 22.6. The Morgan fingerprint density at radius 1 is 0.839 bits per heavy atom. The average molecular weight is 427 g/mol. The molecule has 0 aliphatic carbocycles. The van der Waals surface area contributed by atoms with Crippen molar-refractivity contribution in [1.82, 2.24) is 5.32 Å². The molecule has 0 saturated carbocycles. The Morgan fingerprint density at radius 2 is 1.32 bits per heavy atom. The van der Waals surface area contributed by atoms with Crippen LogP contribution in [-0.4, -0.2) is 13.1 Å². The molecule has 0 unspecified atom stereocenters. The number of esters is 1. The van der Waals surface area contributed by atoms with Gasteiger partial charge in [-0.15, -0.1) is 0 Å². The van der Waals surface area contributed by atoms with E-state index < -0.39 is 40.9 Å². The standard InChI is InChI=1S/C25H24F3NO2/c1-25(2,24(30)31-3)23(16-12-14-17(26)15-13-16)29-22(18-8-4-6-10-20(18)27)19-9-5-7-11-21(19)28/h4-15,22-23,29H,1-3H3/t23-/m0/s1. The number of methoxy groups -OCH3 is 1. The van der Waals surface area contributed by atoms with Crippen molar-refractivity contribution in [1.29, 1.82) is 0 Å². The Morgan fingerprint density at radius 3 is 1.77 bits per heavy atom. The third-order valence-electron chi connectivity index (χ3n) is 5.40. The molecule has 1 N–H and O–H groups in total. The van der Waals surface area contributed by atoms with E-state index in [4.69, 9.17) is 4.74 Å². The monoisotopic (exact) mass is 427 g/mol. The van der Waals surface area contributed by atoms with Gasteiger partial charge in [0, 0.05) is 17.2 Å². The molecule has 0 fully saturated rings. The van der Waals surface area contributed by atoms with Crippen molar-refractivity contribution in [2.24, 2.45) is 5.41 Å². The van der Waals surface area contributed by atoms with Crippen LogP contribution in [0, 0.1) is 22.9 Å². The molecule has 0 amide bonds. The smallest absolute Gasteiger partial charge is 0.313 e. The molecule has 0 radical (unpaired) electrons. The topological polar surface area (TPSA) is 38.3 Å². The van der Waals surface area contributed by atoms with Crippen molar-refractivity contribution in [3.8, 4) is 0 Å². The minimum Gasteiger partial charge on any atom is -0.469 e. The van der Waals surface area contributed by atoms with Gasteiger partial charge in [0.05, 0.1) is 18.6 Å². The van der Waals surface area contributed by atoms with Crippen LogP contribution in [0.2, 0.25) is 0 Å². The van der Waals surface area contributed by atoms with Gasteiger partial charge in [-0.2, -0.15) is 0 Å². The highest BCUT2D eigenvalue weighted by Crippen LogP contribution is 2.39. The summed E-state index contributed by atoms with van der Waals surface area (Å²) in [5, 5.41) is 3.26. The van der Waals surface area contributed by atoms with Crippen molar-refractivity contribution < 1.29 is 22.7 Å². The molecule has 3 nitrogen and oxygen atoms in total. The number of benzene rings is 3. The number of nitrogens with one attached hydrogen (secondary N) is 1. The lowest BCUT2D eigenvalue weighted by molar-refractivity contribution is -0.152. The zero-order valence-corrected chi connectivity index (χ0v) is 17.5. The molecule has 1 atom stereocenters. The SMILES string of the molecule is COC(=O)C(C)(C)[C@@H](NC(c1ccccc1F)c1ccccc1F)c1ccc(F)cc1. The summed E-state index contributed by atoms with van der Waals surface area (Å²) in [4.78, 5) is 12.6. The fourth-order valence-electron chi connectivity index (χ4n) is 3.69. The molecule has 3 rings (SSSR count). The van der Waals surface area contributed by atoms with Crippen LogP contribution < -0.4 is 5.32 Å². The number of rotatable bonds is 7. The summed E-state index contributed by atoms with van der Waals surface area (Å²) < 4.78 is 48.1. The predicted molar refractivity (Wildman–Crippen MR) is 113 cm³/mol. The van der Waals surface area contributed by atoms with Crippen molar-refractivity contribution >= 4 is 5.97 Å². The number of halogens is 3. The van der Waals surface area contributed by atoms with Crippen LogP contribution in [0.3, 0.4) is 0 Å². The largest absolute Gasteiger partial charge is 0.469 e. The summed E-state index contributed by atoms with van der Waals surface area (Å²) in [6, 6.07) is 16.1. The van der Waals surface area contributed by atoms with Crippen molar-refractivity contribution in [2.45, 2.75) is 25.9 Å². The Bertz CT molecular complexity index is 1010. The number of carbonyl (C=O) groups excluding carboxylic acids is 1. The molecule has 0 spiro atoms. The van der Waals surface area contributed by atoms with Crippen molar-refractivity contribution in [2.75, 3.05) is 7.11 Å². The molecule has 0 aromatic heterocycles. The molecule has 3 aromatic rings. The van der Waals surface area contributed by atoms with Crippen LogP contribution in [-0.2, 0) is 9.53 Å². The first-order valence-corrected chi connectivity index (χ1v) is 9.84. The molecular formula is C25H24F3NO2. The highest BCUT2D eigenvalue weighted by Gasteiger charge is 2.41. The minimum atomic E-state index is -1.14. The van der Waals surface area contributed by atoms with Gasteiger partial charge in [-0.05, 0) is 43.7 Å². The van der Waals surface area contributed by atoms with Crippen molar-refractivity contribution in [3.63, 3.8) is 0 Å². The van der Waals surface area contributed by atoms with Gasteiger partial charge in [-0.1, -0.05) is 48.5 Å². The second kappa shape index (κ2) is 9.35. The fraction of sp³-hybridized carbons (Fsp3) is 0.240. The molecule has 6 heteroatoms. The van der Waals surface area contributed by atoms with Crippen LogP contribution >= 0.6 is 0 Å². The van der Waals surface area contributed by atoms with E-state index in [1.165, 1.54) is 43.5 Å². The lowest BCUT2D eigenvalue weighted by Crippen LogP contribution is -2.42. The van der Waals surface area contributed by atoms with Gasteiger partial charge in [0.15, 0.2) is 0 Å².